The van der Waals surface area contributed by atoms with Gasteiger partial charge < -0.3 is 19.1 Å². The minimum atomic E-state index is -5.37. The quantitative estimate of drug-likeness (QED) is 0.177. The molecule has 0 N–H and O–H groups in total. The van der Waals surface area contributed by atoms with Gasteiger partial charge in [0.05, 0.1) is 29.9 Å². The monoisotopic (exact) mass is 572 g/mol. The van der Waals surface area contributed by atoms with Gasteiger partial charge in [-0.2, -0.15) is 18.4 Å². The van der Waals surface area contributed by atoms with E-state index in [4.69, 9.17) is 17.7 Å². The van der Waals surface area contributed by atoms with Crippen molar-refractivity contribution in [2.75, 3.05) is 37.7 Å². The lowest BCUT2D eigenvalue weighted by atomic mass is 9.93. The van der Waals surface area contributed by atoms with Crippen LogP contribution in [0.5, 0.6) is 11.5 Å². The number of para-hydroxylation sites is 2. The summed E-state index contributed by atoms with van der Waals surface area (Å²) >= 11 is 0. The summed E-state index contributed by atoms with van der Waals surface area (Å²) in [4.78, 5) is 2.18. The molecule has 0 bridgehead atoms. The molecule has 0 amide bonds. The average molecular weight is 573 g/mol. The highest BCUT2D eigenvalue weighted by molar-refractivity contribution is 5.68. The van der Waals surface area contributed by atoms with Crippen LogP contribution in [0.2, 0.25) is 0 Å². The van der Waals surface area contributed by atoms with Crippen molar-refractivity contribution < 1.29 is 35.6 Å². The van der Waals surface area contributed by atoms with Crippen LogP contribution in [0.15, 0.2) is 66.7 Å². The van der Waals surface area contributed by atoms with Crippen molar-refractivity contribution >= 4 is 5.69 Å². The van der Waals surface area contributed by atoms with E-state index in [-0.39, 0.29) is 6.42 Å². The Balaban J connectivity index is 1.37. The normalized spacial score (nSPS) is 16.7. The van der Waals surface area contributed by atoms with Crippen molar-refractivity contribution in [3.8, 4) is 17.6 Å². The SMILES string of the molecule is [2H]C([2H])(C[C@H](C)Cc1cc(C#N)c2c(c1)CCN2CCCOCc1ccccc1)C([2H])([2H])Oc1ccccc1OC([2H])([2H])C(F)(F)F. The van der Waals surface area contributed by atoms with E-state index < -0.39 is 43.1 Å². The number of anilines is 1. The number of alkyl halides is 3. The van der Waals surface area contributed by atoms with Gasteiger partial charge in [0.25, 0.3) is 0 Å². The number of benzene rings is 3. The first kappa shape index (κ1) is 22.9. The van der Waals surface area contributed by atoms with Gasteiger partial charge in [-0.05, 0) is 72.9 Å². The fourth-order valence-electron chi connectivity index (χ4n) is 4.75. The second kappa shape index (κ2) is 14.8. The number of ether oxygens (including phenoxy) is 3. The number of hydrogen-bond donors (Lipinski definition) is 0. The molecule has 41 heavy (non-hydrogen) atoms. The summed E-state index contributed by atoms with van der Waals surface area (Å²) in [5.41, 5.74) is 4.35. The summed E-state index contributed by atoms with van der Waals surface area (Å²) in [6, 6.07) is 20.6. The fraction of sp³-hybridized carbons (Fsp3) is 0.424. The van der Waals surface area contributed by atoms with Gasteiger partial charge in [0.1, 0.15) is 6.07 Å². The largest absolute Gasteiger partial charge is 0.490 e. The molecule has 3 aromatic carbocycles. The smallest absolute Gasteiger partial charge is 0.422 e. The number of nitriles is 1. The Bertz CT molecular complexity index is 1550. The maximum absolute atomic E-state index is 13.1. The van der Waals surface area contributed by atoms with Crippen molar-refractivity contribution in [3.05, 3.63) is 89.0 Å². The Morgan fingerprint density at radius 1 is 1.02 bits per heavy atom. The van der Waals surface area contributed by atoms with Crippen LogP contribution in [-0.2, 0) is 24.2 Å². The van der Waals surface area contributed by atoms with E-state index >= 15 is 0 Å². The van der Waals surface area contributed by atoms with Crippen LogP contribution in [0, 0.1) is 17.2 Å². The Hall–Kier alpha value is -3.70. The van der Waals surface area contributed by atoms with Gasteiger partial charge in [-0.3, -0.25) is 0 Å². The average Bonchev–Trinajstić information content (AvgIpc) is 3.39. The molecular formula is C33H37F3N2O3. The van der Waals surface area contributed by atoms with E-state index in [0.717, 1.165) is 60.4 Å². The molecule has 1 aliphatic rings. The molecule has 0 aliphatic carbocycles. The van der Waals surface area contributed by atoms with Crippen molar-refractivity contribution in [3.63, 3.8) is 0 Å². The second-order valence-corrected chi connectivity index (χ2v) is 9.93. The first-order valence-corrected chi connectivity index (χ1v) is 13.5. The highest BCUT2D eigenvalue weighted by Crippen LogP contribution is 2.34. The molecule has 0 saturated heterocycles. The topological polar surface area (TPSA) is 54.7 Å². The van der Waals surface area contributed by atoms with Crippen LogP contribution in [0.1, 0.15) is 56.6 Å². The Kier molecular flexibility index (Phi) is 8.27. The fourth-order valence-corrected chi connectivity index (χ4v) is 4.75. The lowest BCUT2D eigenvalue weighted by Crippen LogP contribution is -2.23. The lowest BCUT2D eigenvalue weighted by Gasteiger charge is -2.21. The van der Waals surface area contributed by atoms with Crippen LogP contribution in [0.3, 0.4) is 0 Å². The molecule has 1 atom stereocenters. The van der Waals surface area contributed by atoms with Gasteiger partial charge in [-0.1, -0.05) is 55.5 Å². The van der Waals surface area contributed by atoms with Crippen LogP contribution in [0.25, 0.3) is 0 Å². The van der Waals surface area contributed by atoms with Gasteiger partial charge in [0.2, 0.25) is 0 Å². The summed E-state index contributed by atoms with van der Waals surface area (Å²) < 4.78 is 103. The molecule has 1 heterocycles. The second-order valence-electron chi connectivity index (χ2n) is 9.93. The maximum Gasteiger partial charge on any atom is 0.422 e. The minimum absolute atomic E-state index is 0.319. The van der Waals surface area contributed by atoms with E-state index in [1.54, 1.807) is 13.0 Å². The minimum Gasteiger partial charge on any atom is -0.490 e. The van der Waals surface area contributed by atoms with Gasteiger partial charge in [-0.15, -0.1) is 0 Å². The predicted molar refractivity (Wildman–Crippen MR) is 153 cm³/mol. The molecule has 5 nitrogen and oxygen atoms in total. The third-order valence-electron chi connectivity index (χ3n) is 6.56. The third kappa shape index (κ3) is 9.43. The molecule has 8 heteroatoms. The van der Waals surface area contributed by atoms with Gasteiger partial charge >= 0.3 is 6.18 Å². The molecule has 0 aromatic heterocycles. The van der Waals surface area contributed by atoms with Gasteiger partial charge in [0, 0.05) is 22.4 Å². The molecule has 0 radical (unpaired) electrons. The first-order chi connectivity index (χ1) is 22.0. The highest BCUT2D eigenvalue weighted by Gasteiger charge is 2.29. The predicted octanol–water partition coefficient (Wildman–Crippen LogP) is 7.51. The van der Waals surface area contributed by atoms with Crippen LogP contribution < -0.4 is 14.4 Å². The van der Waals surface area contributed by atoms with E-state index in [1.807, 2.05) is 36.4 Å². The van der Waals surface area contributed by atoms with Crippen LogP contribution in [-0.4, -0.2) is 39.0 Å². The third-order valence-corrected chi connectivity index (χ3v) is 6.56. The zero-order valence-corrected chi connectivity index (χ0v) is 22.8. The van der Waals surface area contributed by atoms with Crippen molar-refractivity contribution in [2.24, 2.45) is 5.92 Å². The van der Waals surface area contributed by atoms with Crippen LogP contribution >= 0.6 is 0 Å². The highest BCUT2D eigenvalue weighted by atomic mass is 19.4. The van der Waals surface area contributed by atoms with Gasteiger partial charge in [-0.25, -0.2) is 0 Å². The molecule has 0 unspecified atom stereocenters. The lowest BCUT2D eigenvalue weighted by molar-refractivity contribution is -0.153. The summed E-state index contributed by atoms with van der Waals surface area (Å²) in [6.45, 7) is -2.75. The summed E-state index contributed by atoms with van der Waals surface area (Å²) in [6.07, 6.45) is -6.42. The summed E-state index contributed by atoms with van der Waals surface area (Å²) in [5, 5.41) is 9.96. The van der Waals surface area contributed by atoms with Gasteiger partial charge in [0.15, 0.2) is 18.1 Å². The van der Waals surface area contributed by atoms with Crippen molar-refractivity contribution in [1.29, 1.82) is 5.26 Å². The maximum atomic E-state index is 13.1. The molecule has 0 spiro atoms. The zero-order valence-electron chi connectivity index (χ0n) is 28.8. The molecule has 0 fully saturated rings. The van der Waals surface area contributed by atoms with E-state index in [0.29, 0.717) is 25.2 Å². The Morgan fingerprint density at radius 3 is 2.49 bits per heavy atom. The molecule has 0 saturated carbocycles. The van der Waals surface area contributed by atoms with E-state index in [9.17, 15) is 18.4 Å². The number of nitrogens with zero attached hydrogens (tertiary/aromatic N) is 2. The molecule has 218 valence electrons. The Morgan fingerprint density at radius 2 is 1.76 bits per heavy atom. The molecule has 3 aromatic rings. The molecule has 4 rings (SSSR count). The number of rotatable bonds is 15. The number of hydrogen-bond acceptors (Lipinski definition) is 5. The molecule has 1 aliphatic heterocycles. The van der Waals surface area contributed by atoms with E-state index in [2.05, 4.69) is 15.7 Å². The number of fused-ring (bicyclic) bond motifs is 1. The number of halogens is 3. The van der Waals surface area contributed by atoms with Crippen molar-refractivity contribution in [1.82, 2.24) is 0 Å². The summed E-state index contributed by atoms with van der Waals surface area (Å²) in [5.74, 6) is -1.72. The van der Waals surface area contributed by atoms with Crippen LogP contribution in [0.4, 0.5) is 18.9 Å². The van der Waals surface area contributed by atoms with E-state index in [1.165, 1.54) is 12.1 Å². The Labute approximate surface area is 248 Å². The standard InChI is InChI=1S/C33H37F3N2O3/c1-25(9-7-18-40-30-12-5-6-13-31(30)41-24-33(34,35)36)19-27-20-28-14-16-38(32(28)29(21-27)22-37)15-8-17-39-23-26-10-3-2-4-11-26/h2-6,10-13,20-21,25H,7-9,14-19,23-24H2,1H3/t25-/m0/s1/i7D2,18D2,24D2. The summed E-state index contributed by atoms with van der Waals surface area (Å²) in [7, 11) is 0. The first-order valence-electron chi connectivity index (χ1n) is 16.5. The molecular weight excluding hydrogens is 529 g/mol. The zero-order chi connectivity index (χ0) is 34.5. The van der Waals surface area contributed by atoms with Crippen molar-refractivity contribution in [2.45, 2.75) is 51.8 Å².